The highest BCUT2D eigenvalue weighted by Gasteiger charge is 2.18. The zero-order valence-corrected chi connectivity index (χ0v) is 14.5. The van der Waals surface area contributed by atoms with Crippen LogP contribution in [-0.4, -0.2) is 37.8 Å². The zero-order chi connectivity index (χ0) is 15.1. The summed E-state index contributed by atoms with van der Waals surface area (Å²) in [4.78, 5) is 8.58. The SMILES string of the molecule is CCN(c1nc(C(C)C)c(CNCCOC)s1)C(C)C. The van der Waals surface area contributed by atoms with Crippen molar-refractivity contribution in [1.29, 1.82) is 0 Å². The first-order chi connectivity index (χ1) is 9.51. The molecule has 1 aromatic rings. The van der Waals surface area contributed by atoms with Gasteiger partial charge in [-0.15, -0.1) is 11.3 Å². The first-order valence-corrected chi connectivity index (χ1v) is 8.28. The van der Waals surface area contributed by atoms with E-state index in [0.717, 1.165) is 31.4 Å². The van der Waals surface area contributed by atoms with Crippen molar-refractivity contribution in [3.63, 3.8) is 0 Å². The maximum Gasteiger partial charge on any atom is 0.186 e. The van der Waals surface area contributed by atoms with E-state index in [1.165, 1.54) is 10.6 Å². The van der Waals surface area contributed by atoms with Gasteiger partial charge in [0.1, 0.15) is 0 Å². The number of thiazole rings is 1. The van der Waals surface area contributed by atoms with E-state index in [9.17, 15) is 0 Å². The van der Waals surface area contributed by atoms with Gasteiger partial charge < -0.3 is 15.0 Å². The van der Waals surface area contributed by atoms with E-state index in [2.05, 4.69) is 44.8 Å². The van der Waals surface area contributed by atoms with Crippen LogP contribution < -0.4 is 10.2 Å². The molecule has 4 nitrogen and oxygen atoms in total. The van der Waals surface area contributed by atoms with Crippen molar-refractivity contribution in [2.45, 2.75) is 53.1 Å². The molecule has 1 rings (SSSR count). The van der Waals surface area contributed by atoms with Gasteiger partial charge in [-0.05, 0) is 26.7 Å². The molecule has 0 aliphatic carbocycles. The lowest BCUT2D eigenvalue weighted by Gasteiger charge is -2.24. The number of aromatic nitrogens is 1. The summed E-state index contributed by atoms with van der Waals surface area (Å²) >= 11 is 1.82. The van der Waals surface area contributed by atoms with Gasteiger partial charge in [-0.3, -0.25) is 0 Å². The van der Waals surface area contributed by atoms with Crippen LogP contribution in [0.4, 0.5) is 5.13 Å². The third kappa shape index (κ3) is 4.72. The second-order valence-electron chi connectivity index (χ2n) is 5.51. The van der Waals surface area contributed by atoms with Crippen molar-refractivity contribution < 1.29 is 4.74 Å². The van der Waals surface area contributed by atoms with E-state index < -0.39 is 0 Å². The second-order valence-corrected chi connectivity index (χ2v) is 6.57. The molecule has 0 unspecified atom stereocenters. The molecular weight excluding hydrogens is 270 g/mol. The number of rotatable bonds is 9. The molecule has 1 N–H and O–H groups in total. The van der Waals surface area contributed by atoms with Gasteiger partial charge in [0.25, 0.3) is 0 Å². The molecule has 0 aliphatic heterocycles. The van der Waals surface area contributed by atoms with Gasteiger partial charge in [-0.2, -0.15) is 0 Å². The van der Waals surface area contributed by atoms with E-state index in [-0.39, 0.29) is 0 Å². The standard InChI is InChI=1S/C15H29N3OS/c1-7-18(12(4)5)15-17-14(11(2)3)13(20-15)10-16-8-9-19-6/h11-12,16H,7-10H2,1-6H3. The lowest BCUT2D eigenvalue weighted by atomic mass is 10.1. The van der Waals surface area contributed by atoms with Crippen LogP contribution >= 0.6 is 11.3 Å². The minimum atomic E-state index is 0.463. The summed E-state index contributed by atoms with van der Waals surface area (Å²) in [5.74, 6) is 0.463. The molecule has 0 saturated carbocycles. The average molecular weight is 299 g/mol. The first-order valence-electron chi connectivity index (χ1n) is 7.47. The Labute approximate surface area is 127 Å². The molecule has 0 spiro atoms. The third-order valence-corrected chi connectivity index (χ3v) is 4.35. The van der Waals surface area contributed by atoms with Gasteiger partial charge in [0.2, 0.25) is 0 Å². The normalized spacial score (nSPS) is 11.6. The largest absolute Gasteiger partial charge is 0.383 e. The maximum absolute atomic E-state index is 5.07. The topological polar surface area (TPSA) is 37.4 Å². The van der Waals surface area contributed by atoms with Crippen molar-refractivity contribution in [2.75, 3.05) is 31.7 Å². The predicted molar refractivity (Wildman–Crippen MR) is 87.9 cm³/mol. The fourth-order valence-corrected chi connectivity index (χ4v) is 3.53. The Kier molecular flexibility index (Phi) is 7.48. The van der Waals surface area contributed by atoms with Crippen LogP contribution in [0.5, 0.6) is 0 Å². The van der Waals surface area contributed by atoms with Gasteiger partial charge in [-0.1, -0.05) is 13.8 Å². The van der Waals surface area contributed by atoms with Gasteiger partial charge in [0.15, 0.2) is 5.13 Å². The molecule has 1 aromatic heterocycles. The Morgan fingerprint density at radius 1 is 1.30 bits per heavy atom. The molecule has 0 aromatic carbocycles. The quantitative estimate of drug-likeness (QED) is 0.710. The zero-order valence-electron chi connectivity index (χ0n) is 13.7. The number of hydrogen-bond acceptors (Lipinski definition) is 5. The minimum Gasteiger partial charge on any atom is -0.383 e. The summed E-state index contributed by atoms with van der Waals surface area (Å²) in [6.45, 7) is 14.5. The van der Waals surface area contributed by atoms with Gasteiger partial charge >= 0.3 is 0 Å². The number of nitrogens with one attached hydrogen (secondary N) is 1. The number of nitrogens with zero attached hydrogens (tertiary/aromatic N) is 2. The summed E-state index contributed by atoms with van der Waals surface area (Å²) in [6, 6.07) is 0.487. The van der Waals surface area contributed by atoms with E-state index in [1.807, 2.05) is 11.3 Å². The highest BCUT2D eigenvalue weighted by molar-refractivity contribution is 7.15. The molecule has 1 heterocycles. The van der Waals surface area contributed by atoms with Crippen LogP contribution in [0.25, 0.3) is 0 Å². The summed E-state index contributed by atoms with van der Waals surface area (Å²) < 4.78 is 5.07. The molecular formula is C15H29N3OS. The van der Waals surface area contributed by atoms with E-state index >= 15 is 0 Å². The number of anilines is 1. The van der Waals surface area contributed by atoms with Crippen LogP contribution in [0.15, 0.2) is 0 Å². The number of hydrogen-bond donors (Lipinski definition) is 1. The lowest BCUT2D eigenvalue weighted by molar-refractivity contribution is 0.199. The monoisotopic (exact) mass is 299 g/mol. The molecule has 0 saturated heterocycles. The second kappa shape index (κ2) is 8.60. The molecule has 0 fully saturated rings. The summed E-state index contributed by atoms with van der Waals surface area (Å²) in [7, 11) is 1.73. The van der Waals surface area contributed by atoms with Crippen molar-refractivity contribution in [2.24, 2.45) is 0 Å². The summed E-state index contributed by atoms with van der Waals surface area (Å²) in [5, 5.41) is 4.57. The molecule has 0 bridgehead atoms. The van der Waals surface area contributed by atoms with Crippen LogP contribution in [0.2, 0.25) is 0 Å². The Morgan fingerprint density at radius 3 is 2.50 bits per heavy atom. The number of methoxy groups -OCH3 is 1. The highest BCUT2D eigenvalue weighted by atomic mass is 32.1. The Morgan fingerprint density at radius 2 is 2.00 bits per heavy atom. The first kappa shape index (κ1) is 17.4. The molecule has 20 heavy (non-hydrogen) atoms. The molecule has 5 heteroatoms. The van der Waals surface area contributed by atoms with Crippen LogP contribution in [-0.2, 0) is 11.3 Å². The molecule has 0 aliphatic rings. The van der Waals surface area contributed by atoms with E-state index in [4.69, 9.17) is 9.72 Å². The molecule has 0 amide bonds. The third-order valence-electron chi connectivity index (χ3n) is 3.24. The van der Waals surface area contributed by atoms with Gasteiger partial charge in [-0.25, -0.2) is 4.98 Å². The van der Waals surface area contributed by atoms with Crippen LogP contribution in [0, 0.1) is 0 Å². The minimum absolute atomic E-state index is 0.463. The van der Waals surface area contributed by atoms with Gasteiger partial charge in [0.05, 0.1) is 12.3 Å². The van der Waals surface area contributed by atoms with Crippen molar-refractivity contribution in [3.8, 4) is 0 Å². The fraction of sp³-hybridized carbons (Fsp3) is 0.800. The number of ether oxygens (including phenoxy) is 1. The van der Waals surface area contributed by atoms with Crippen molar-refractivity contribution in [3.05, 3.63) is 10.6 Å². The Hall–Kier alpha value is -0.650. The van der Waals surface area contributed by atoms with Crippen molar-refractivity contribution >= 4 is 16.5 Å². The lowest BCUT2D eigenvalue weighted by Crippen LogP contribution is -2.30. The summed E-state index contributed by atoms with van der Waals surface area (Å²) in [6.07, 6.45) is 0. The van der Waals surface area contributed by atoms with E-state index in [1.54, 1.807) is 7.11 Å². The average Bonchev–Trinajstić information content (AvgIpc) is 2.79. The molecule has 0 atom stereocenters. The van der Waals surface area contributed by atoms with Gasteiger partial charge in [0, 0.05) is 37.7 Å². The maximum atomic E-state index is 5.07. The summed E-state index contributed by atoms with van der Waals surface area (Å²) in [5.41, 5.74) is 1.23. The Bertz CT molecular complexity index is 390. The smallest absolute Gasteiger partial charge is 0.186 e. The van der Waals surface area contributed by atoms with Crippen LogP contribution in [0.1, 0.15) is 51.1 Å². The van der Waals surface area contributed by atoms with Crippen molar-refractivity contribution in [1.82, 2.24) is 10.3 Å². The highest BCUT2D eigenvalue weighted by Crippen LogP contribution is 2.31. The Balaban J connectivity index is 2.84. The fourth-order valence-electron chi connectivity index (χ4n) is 2.15. The molecule has 116 valence electrons. The molecule has 0 radical (unpaired) electrons. The predicted octanol–water partition coefficient (Wildman–Crippen LogP) is 3.24. The van der Waals surface area contributed by atoms with E-state index in [0.29, 0.717) is 12.0 Å². The van der Waals surface area contributed by atoms with Crippen LogP contribution in [0.3, 0.4) is 0 Å².